The Morgan fingerprint density at radius 1 is 1.29 bits per heavy atom. The fourth-order valence-corrected chi connectivity index (χ4v) is 4.70. The summed E-state index contributed by atoms with van der Waals surface area (Å²) in [6.07, 6.45) is 1.94. The van der Waals surface area contributed by atoms with Crippen LogP contribution >= 0.6 is 11.3 Å². The van der Waals surface area contributed by atoms with Crippen molar-refractivity contribution in [3.8, 4) is 10.4 Å². The molecule has 2 heterocycles. The van der Waals surface area contributed by atoms with Gasteiger partial charge in [0.05, 0.1) is 16.1 Å². The highest BCUT2D eigenvalue weighted by atomic mass is 32.1. The molecule has 0 radical (unpaired) electrons. The van der Waals surface area contributed by atoms with E-state index in [1.807, 2.05) is 57.5 Å². The third-order valence-electron chi connectivity index (χ3n) is 5.61. The highest BCUT2D eigenvalue weighted by molar-refractivity contribution is 7.13. The predicted octanol–water partition coefficient (Wildman–Crippen LogP) is 2.89. The Balaban J connectivity index is 1.62. The van der Waals surface area contributed by atoms with Gasteiger partial charge >= 0.3 is 0 Å². The molecule has 1 aromatic carbocycles. The van der Waals surface area contributed by atoms with Gasteiger partial charge in [-0.1, -0.05) is 45.0 Å². The molecule has 7 nitrogen and oxygen atoms in total. The number of thiazole rings is 1. The summed E-state index contributed by atoms with van der Waals surface area (Å²) in [6.45, 7) is 8.60. The topological polar surface area (TPSA) is 91.4 Å². The van der Waals surface area contributed by atoms with Gasteiger partial charge in [0, 0.05) is 13.1 Å². The fourth-order valence-electron chi connectivity index (χ4n) is 3.89. The molecule has 8 heteroatoms. The minimum atomic E-state index is -0.666. The van der Waals surface area contributed by atoms with Gasteiger partial charge in [0.15, 0.2) is 0 Å². The lowest BCUT2D eigenvalue weighted by molar-refractivity contribution is -0.142. The first-order chi connectivity index (χ1) is 14.7. The lowest BCUT2D eigenvalue weighted by Gasteiger charge is -2.34. The van der Waals surface area contributed by atoms with E-state index in [4.69, 9.17) is 0 Å². The van der Waals surface area contributed by atoms with Crippen LogP contribution in [-0.2, 0) is 20.9 Å². The normalized spacial score (nSPS) is 17.3. The Morgan fingerprint density at radius 2 is 2.00 bits per heavy atom. The van der Waals surface area contributed by atoms with Crippen molar-refractivity contribution in [2.75, 3.05) is 6.54 Å². The van der Waals surface area contributed by atoms with Crippen molar-refractivity contribution in [2.24, 2.45) is 5.41 Å². The summed E-state index contributed by atoms with van der Waals surface area (Å²) in [5, 5.41) is 5.60. The number of benzene rings is 1. The highest BCUT2D eigenvalue weighted by Gasteiger charge is 2.40. The Bertz CT molecular complexity index is 933. The molecule has 1 unspecified atom stereocenters. The molecule has 0 bridgehead atoms. The first-order valence-corrected chi connectivity index (χ1v) is 11.4. The lowest BCUT2D eigenvalue weighted by Crippen LogP contribution is -2.56. The van der Waals surface area contributed by atoms with Gasteiger partial charge in [-0.3, -0.25) is 14.4 Å². The average molecular weight is 443 g/mol. The molecule has 2 atom stereocenters. The van der Waals surface area contributed by atoms with Crippen LogP contribution in [0.2, 0.25) is 0 Å². The van der Waals surface area contributed by atoms with Crippen LogP contribution in [0.25, 0.3) is 10.4 Å². The van der Waals surface area contributed by atoms with Crippen LogP contribution in [0.1, 0.15) is 44.9 Å². The van der Waals surface area contributed by atoms with E-state index < -0.39 is 17.5 Å². The number of hydrogen-bond acceptors (Lipinski definition) is 5. The summed E-state index contributed by atoms with van der Waals surface area (Å²) in [5.74, 6) is -0.367. The molecule has 1 aromatic heterocycles. The van der Waals surface area contributed by atoms with E-state index in [1.54, 1.807) is 16.2 Å². The average Bonchev–Trinajstić information content (AvgIpc) is 3.38. The van der Waals surface area contributed by atoms with E-state index in [0.29, 0.717) is 25.9 Å². The van der Waals surface area contributed by atoms with Crippen molar-refractivity contribution < 1.29 is 14.4 Å². The molecular weight excluding hydrogens is 412 g/mol. The van der Waals surface area contributed by atoms with Crippen molar-refractivity contribution >= 4 is 29.6 Å². The van der Waals surface area contributed by atoms with Gasteiger partial charge in [0.1, 0.15) is 12.1 Å². The quantitative estimate of drug-likeness (QED) is 0.645. The maximum Gasteiger partial charge on any atom is 0.246 e. The second kappa shape index (κ2) is 9.60. The first kappa shape index (κ1) is 22.9. The van der Waals surface area contributed by atoms with Gasteiger partial charge in [-0.05, 0) is 36.3 Å². The molecule has 1 fully saturated rings. The van der Waals surface area contributed by atoms with E-state index in [2.05, 4.69) is 15.6 Å². The first-order valence-electron chi connectivity index (χ1n) is 10.5. The van der Waals surface area contributed by atoms with Gasteiger partial charge in [-0.2, -0.15) is 0 Å². The van der Waals surface area contributed by atoms with Gasteiger partial charge in [0.2, 0.25) is 18.2 Å². The molecular formula is C23H30N4O3S. The molecule has 0 aliphatic carbocycles. The molecule has 1 aliphatic heterocycles. The number of aromatic nitrogens is 1. The van der Waals surface area contributed by atoms with Crippen molar-refractivity contribution in [3.63, 3.8) is 0 Å². The maximum atomic E-state index is 13.1. The number of rotatable bonds is 7. The second-order valence-electron chi connectivity index (χ2n) is 8.95. The third-order valence-corrected chi connectivity index (χ3v) is 6.59. The zero-order chi connectivity index (χ0) is 22.6. The number of likely N-dealkylation sites (tertiary alicyclic amines) is 1. The zero-order valence-electron chi connectivity index (χ0n) is 18.5. The standard InChI is InChI=1S/C23H30N4O3S/c1-15-19(31-14-26-15)17-9-7-16(8-10-17)12-24-21(29)18-6-5-11-27(18)22(30)20(25-13-28)23(2,3)4/h7-10,13-14,18,20H,5-6,11-12H2,1-4H3,(H,24,29)(H,25,28)/t18-,20?/m0/s1. The number of aryl methyl sites for hydroxylation is 1. The summed E-state index contributed by atoms with van der Waals surface area (Å²) in [7, 11) is 0. The van der Waals surface area contributed by atoms with Crippen LogP contribution in [0.15, 0.2) is 29.8 Å². The van der Waals surface area contributed by atoms with Crippen LogP contribution in [0, 0.1) is 12.3 Å². The molecule has 3 rings (SSSR count). The summed E-state index contributed by atoms with van der Waals surface area (Å²) >= 11 is 1.61. The Morgan fingerprint density at radius 3 is 2.58 bits per heavy atom. The second-order valence-corrected chi connectivity index (χ2v) is 9.81. The van der Waals surface area contributed by atoms with Crippen LogP contribution in [0.5, 0.6) is 0 Å². The fraction of sp³-hybridized carbons (Fsp3) is 0.478. The number of hydrogen-bond donors (Lipinski definition) is 2. The summed E-state index contributed by atoms with van der Waals surface area (Å²) in [4.78, 5) is 44.0. The molecule has 1 aliphatic rings. The van der Waals surface area contributed by atoms with Crippen LogP contribution in [0.4, 0.5) is 0 Å². The Hall–Kier alpha value is -2.74. The van der Waals surface area contributed by atoms with E-state index >= 15 is 0 Å². The summed E-state index contributed by atoms with van der Waals surface area (Å²) < 4.78 is 0. The number of amides is 3. The van der Waals surface area contributed by atoms with Gasteiger partial charge in [0.25, 0.3) is 0 Å². The van der Waals surface area contributed by atoms with Crippen molar-refractivity contribution in [1.29, 1.82) is 0 Å². The van der Waals surface area contributed by atoms with Crippen molar-refractivity contribution in [2.45, 2.75) is 59.2 Å². The largest absolute Gasteiger partial charge is 0.350 e. The number of carbonyl (C=O) groups is 3. The van der Waals surface area contributed by atoms with Crippen LogP contribution < -0.4 is 10.6 Å². The molecule has 31 heavy (non-hydrogen) atoms. The van der Waals surface area contributed by atoms with Crippen LogP contribution in [0.3, 0.4) is 0 Å². The molecule has 2 N–H and O–H groups in total. The SMILES string of the molecule is Cc1ncsc1-c1ccc(CNC(=O)[C@@H]2CCCN2C(=O)C(NC=O)C(C)(C)C)cc1. The summed E-state index contributed by atoms with van der Waals surface area (Å²) in [6, 6.07) is 6.89. The Kier molecular flexibility index (Phi) is 7.10. The number of nitrogens with one attached hydrogen (secondary N) is 2. The smallest absolute Gasteiger partial charge is 0.246 e. The molecule has 1 saturated heterocycles. The van der Waals surface area contributed by atoms with Gasteiger partial charge < -0.3 is 15.5 Å². The maximum absolute atomic E-state index is 13.1. The van der Waals surface area contributed by atoms with Gasteiger partial charge in [-0.25, -0.2) is 4.98 Å². The van der Waals surface area contributed by atoms with E-state index in [9.17, 15) is 14.4 Å². The molecule has 166 valence electrons. The zero-order valence-corrected chi connectivity index (χ0v) is 19.3. The molecule has 0 saturated carbocycles. The van der Waals surface area contributed by atoms with Crippen LogP contribution in [-0.4, -0.2) is 46.7 Å². The van der Waals surface area contributed by atoms with E-state index in [0.717, 1.165) is 28.1 Å². The molecule has 2 aromatic rings. The van der Waals surface area contributed by atoms with Gasteiger partial charge in [-0.15, -0.1) is 11.3 Å². The minimum absolute atomic E-state index is 0.160. The molecule has 0 spiro atoms. The lowest BCUT2D eigenvalue weighted by atomic mass is 9.85. The monoisotopic (exact) mass is 442 g/mol. The van der Waals surface area contributed by atoms with E-state index in [1.165, 1.54) is 0 Å². The minimum Gasteiger partial charge on any atom is -0.350 e. The third kappa shape index (κ3) is 5.31. The highest BCUT2D eigenvalue weighted by Crippen LogP contribution is 2.28. The van der Waals surface area contributed by atoms with Crippen molar-refractivity contribution in [1.82, 2.24) is 20.5 Å². The molecule has 3 amide bonds. The van der Waals surface area contributed by atoms with Crippen molar-refractivity contribution in [3.05, 3.63) is 41.0 Å². The summed E-state index contributed by atoms with van der Waals surface area (Å²) in [5.41, 5.74) is 4.50. The predicted molar refractivity (Wildman–Crippen MR) is 121 cm³/mol. The number of nitrogens with zero attached hydrogens (tertiary/aromatic N) is 2. The number of carbonyl (C=O) groups excluding carboxylic acids is 3. The van der Waals surface area contributed by atoms with E-state index in [-0.39, 0.29) is 11.8 Å². The Labute approximate surface area is 187 Å².